The molecule has 0 saturated heterocycles. The van der Waals surface area contributed by atoms with Crippen molar-refractivity contribution in [2.45, 2.75) is 26.3 Å². The van der Waals surface area contributed by atoms with Crippen LogP contribution in [0.1, 0.15) is 18.5 Å². The number of nitrogens with two attached hydrogens (primary N) is 1. The van der Waals surface area contributed by atoms with Gasteiger partial charge in [0, 0.05) is 51.6 Å². The zero-order chi connectivity index (χ0) is 28.2. The summed E-state index contributed by atoms with van der Waals surface area (Å²) >= 11 is 6.74. The summed E-state index contributed by atoms with van der Waals surface area (Å²) in [6, 6.07) is 17.9. The fourth-order valence-corrected chi connectivity index (χ4v) is 4.78. The lowest BCUT2D eigenvalue weighted by atomic mass is 10.0. The van der Waals surface area contributed by atoms with Crippen molar-refractivity contribution in [3.63, 3.8) is 0 Å². The van der Waals surface area contributed by atoms with Gasteiger partial charge in [-0.1, -0.05) is 29.8 Å². The Hall–Kier alpha value is -4.47. The molecule has 0 fully saturated rings. The van der Waals surface area contributed by atoms with E-state index in [0.29, 0.717) is 58.1 Å². The van der Waals surface area contributed by atoms with Crippen LogP contribution in [0, 0.1) is 6.92 Å². The Kier molecular flexibility index (Phi) is 7.95. The summed E-state index contributed by atoms with van der Waals surface area (Å²) < 4.78 is 6.88. The molecule has 0 radical (unpaired) electrons. The van der Waals surface area contributed by atoms with Gasteiger partial charge in [0.15, 0.2) is 0 Å². The number of hydrogen-bond acceptors (Lipinski definition) is 8. The molecule has 3 heterocycles. The fraction of sp³-hybridized carbons (Fsp3) is 0.200. The molecule has 0 atom stereocenters. The number of rotatable bonds is 9. The van der Waals surface area contributed by atoms with E-state index >= 15 is 0 Å². The van der Waals surface area contributed by atoms with Crippen LogP contribution in [0.5, 0.6) is 11.5 Å². The fourth-order valence-electron chi connectivity index (χ4n) is 4.49. The van der Waals surface area contributed by atoms with Gasteiger partial charge in [-0.05, 0) is 62.7 Å². The van der Waals surface area contributed by atoms with E-state index in [1.54, 1.807) is 36.1 Å². The van der Waals surface area contributed by atoms with Crippen LogP contribution in [0.25, 0.3) is 33.4 Å². The number of aromatic nitrogens is 4. The van der Waals surface area contributed by atoms with Crippen LogP contribution >= 0.6 is 11.6 Å². The van der Waals surface area contributed by atoms with Crippen LogP contribution in [0.2, 0.25) is 5.02 Å². The highest BCUT2D eigenvalue weighted by atomic mass is 35.5. The molecule has 0 aliphatic heterocycles. The van der Waals surface area contributed by atoms with Crippen LogP contribution in [-0.2, 0) is 6.54 Å². The van der Waals surface area contributed by atoms with E-state index in [4.69, 9.17) is 22.1 Å². The second-order valence-corrected chi connectivity index (χ2v) is 9.76. The number of benzene rings is 2. The van der Waals surface area contributed by atoms with E-state index in [9.17, 15) is 9.90 Å². The van der Waals surface area contributed by atoms with Gasteiger partial charge >= 0.3 is 0 Å². The minimum atomic E-state index is -0.221. The number of phenols is 1. The Morgan fingerprint density at radius 1 is 1.05 bits per heavy atom. The van der Waals surface area contributed by atoms with Crippen molar-refractivity contribution in [2.75, 3.05) is 19.0 Å². The maximum atomic E-state index is 13.9. The summed E-state index contributed by atoms with van der Waals surface area (Å²) in [5.41, 5.74) is 9.98. The summed E-state index contributed by atoms with van der Waals surface area (Å²) in [6.07, 6.45) is 3.10. The second kappa shape index (κ2) is 11.7. The molecule has 5 rings (SSSR count). The maximum absolute atomic E-state index is 13.9. The number of anilines is 2. The van der Waals surface area contributed by atoms with E-state index in [1.165, 1.54) is 6.07 Å². The van der Waals surface area contributed by atoms with Crippen LogP contribution in [0.3, 0.4) is 0 Å². The van der Waals surface area contributed by atoms with Gasteiger partial charge in [0.2, 0.25) is 5.95 Å². The highest BCUT2D eigenvalue weighted by Gasteiger charge is 2.17. The Morgan fingerprint density at radius 2 is 1.90 bits per heavy atom. The van der Waals surface area contributed by atoms with Gasteiger partial charge in [-0.25, -0.2) is 4.98 Å². The van der Waals surface area contributed by atoms with E-state index in [2.05, 4.69) is 20.3 Å². The first-order valence-electron chi connectivity index (χ1n) is 12.9. The largest absolute Gasteiger partial charge is 0.506 e. The zero-order valence-corrected chi connectivity index (χ0v) is 22.9. The van der Waals surface area contributed by atoms with Crippen LogP contribution in [0.4, 0.5) is 11.6 Å². The molecule has 4 N–H and O–H groups in total. The quantitative estimate of drug-likeness (QED) is 0.156. The predicted molar refractivity (Wildman–Crippen MR) is 158 cm³/mol. The summed E-state index contributed by atoms with van der Waals surface area (Å²) in [6.45, 7) is 2.87. The highest BCUT2D eigenvalue weighted by Crippen LogP contribution is 2.33. The number of hydrogen-bond donors (Lipinski definition) is 3. The average molecular weight is 557 g/mol. The zero-order valence-electron chi connectivity index (χ0n) is 22.2. The second-order valence-electron chi connectivity index (χ2n) is 9.35. The monoisotopic (exact) mass is 556 g/mol. The Morgan fingerprint density at radius 3 is 2.65 bits per heavy atom. The predicted octanol–water partition coefficient (Wildman–Crippen LogP) is 5.68. The number of fused-ring (bicyclic) bond motifs is 1. The molecular formula is C30H29ClN6O3. The van der Waals surface area contributed by atoms with E-state index in [1.807, 2.05) is 43.3 Å². The van der Waals surface area contributed by atoms with E-state index in [0.717, 1.165) is 23.4 Å². The van der Waals surface area contributed by atoms with Crippen LogP contribution < -0.4 is 21.3 Å². The number of ether oxygens (including phenoxy) is 1. The van der Waals surface area contributed by atoms with Crippen molar-refractivity contribution in [2.24, 2.45) is 5.73 Å². The van der Waals surface area contributed by atoms with Crippen molar-refractivity contribution in [3.8, 4) is 33.9 Å². The minimum Gasteiger partial charge on any atom is -0.506 e. The number of aromatic hydroxyl groups is 1. The van der Waals surface area contributed by atoms with Gasteiger partial charge in [-0.3, -0.25) is 14.3 Å². The summed E-state index contributed by atoms with van der Waals surface area (Å²) in [5, 5.41) is 14.4. The van der Waals surface area contributed by atoms with Crippen molar-refractivity contribution in [3.05, 3.63) is 87.9 Å². The number of unbranched alkanes of at least 4 members (excludes halogenated alkanes) is 1. The van der Waals surface area contributed by atoms with Crippen LogP contribution in [0.15, 0.2) is 71.7 Å². The highest BCUT2D eigenvalue weighted by molar-refractivity contribution is 6.33. The Balaban J connectivity index is 1.59. The summed E-state index contributed by atoms with van der Waals surface area (Å²) in [7, 11) is 1.54. The number of nitrogens with one attached hydrogen (secondary N) is 1. The van der Waals surface area contributed by atoms with Crippen molar-refractivity contribution < 1.29 is 9.84 Å². The molecule has 40 heavy (non-hydrogen) atoms. The molecule has 0 unspecified atom stereocenters. The minimum absolute atomic E-state index is 0.0131. The summed E-state index contributed by atoms with van der Waals surface area (Å²) in [5.74, 6) is 0.799. The van der Waals surface area contributed by atoms with Gasteiger partial charge in [0.25, 0.3) is 5.56 Å². The first-order valence-corrected chi connectivity index (χ1v) is 13.2. The number of methoxy groups -OCH3 is 1. The lowest BCUT2D eigenvalue weighted by molar-refractivity contribution is 0.413. The molecule has 5 aromatic rings. The first kappa shape index (κ1) is 27.1. The number of halogens is 1. The van der Waals surface area contributed by atoms with Gasteiger partial charge in [0.1, 0.15) is 17.1 Å². The molecule has 0 bridgehead atoms. The number of pyridine rings is 2. The molecule has 0 saturated carbocycles. The molecule has 9 nitrogen and oxygen atoms in total. The smallest absolute Gasteiger partial charge is 0.260 e. The molecular weight excluding hydrogens is 528 g/mol. The topological polar surface area (TPSA) is 128 Å². The Labute approximate surface area is 236 Å². The lowest BCUT2D eigenvalue weighted by Gasteiger charge is -2.15. The third kappa shape index (κ3) is 5.61. The molecule has 204 valence electrons. The molecule has 3 aromatic heterocycles. The van der Waals surface area contributed by atoms with Crippen molar-refractivity contribution in [1.82, 2.24) is 19.5 Å². The van der Waals surface area contributed by atoms with Gasteiger partial charge in [-0.15, -0.1) is 0 Å². The third-order valence-electron chi connectivity index (χ3n) is 6.56. The lowest BCUT2D eigenvalue weighted by Crippen LogP contribution is -2.24. The van der Waals surface area contributed by atoms with E-state index in [-0.39, 0.29) is 17.3 Å². The molecule has 2 aromatic carbocycles. The van der Waals surface area contributed by atoms with Gasteiger partial charge < -0.3 is 20.9 Å². The molecule has 10 heteroatoms. The summed E-state index contributed by atoms with van der Waals surface area (Å²) in [4.78, 5) is 27.5. The normalized spacial score (nSPS) is 11.1. The van der Waals surface area contributed by atoms with Crippen molar-refractivity contribution in [1.29, 1.82) is 0 Å². The van der Waals surface area contributed by atoms with Crippen LogP contribution in [-0.4, -0.2) is 38.3 Å². The first-order chi connectivity index (χ1) is 19.4. The SMILES string of the molecule is COc1ccc(O)c(Nc2ncc3cc(-c4ccc(-c5cccc(C)n5)cc4Cl)c(=O)n(CCCCN)c3n2)c1. The van der Waals surface area contributed by atoms with Gasteiger partial charge in [0.05, 0.1) is 18.5 Å². The maximum Gasteiger partial charge on any atom is 0.260 e. The third-order valence-corrected chi connectivity index (χ3v) is 6.87. The molecule has 0 aliphatic carbocycles. The number of phenolic OH excluding ortho intramolecular Hbond substituents is 1. The van der Waals surface area contributed by atoms with Crippen molar-refractivity contribution >= 4 is 34.3 Å². The Bertz CT molecular complexity index is 1750. The number of aryl methyl sites for hydroxylation is 2. The molecule has 0 spiro atoms. The van der Waals surface area contributed by atoms with Gasteiger partial charge in [-0.2, -0.15) is 4.98 Å². The van der Waals surface area contributed by atoms with E-state index < -0.39 is 0 Å². The molecule has 0 amide bonds. The average Bonchev–Trinajstić information content (AvgIpc) is 2.95. The standard InChI is InChI=1S/C30H29ClN6O3/c1-18-6-5-7-25(34-18)19-8-10-22(24(31)15-19)23-14-20-17-33-30(35-26-16-21(40-2)9-11-27(26)38)36-28(20)37(29(23)39)13-4-3-12-32/h5-11,14-17,38H,3-4,12-13,32H2,1-2H3,(H,33,35,36). The number of nitrogens with zero attached hydrogens (tertiary/aromatic N) is 4. The molecule has 0 aliphatic rings.